The van der Waals surface area contributed by atoms with Gasteiger partial charge in [0.05, 0.1) is 30.9 Å². The van der Waals surface area contributed by atoms with Crippen LogP contribution in [0.5, 0.6) is 0 Å². The molecule has 1 saturated heterocycles. The number of carbonyl (C=O) groups excluding carboxylic acids is 1. The molecular formula is C15H24N4O2. The molecule has 6 nitrogen and oxygen atoms in total. The molecule has 6 heteroatoms. The average molecular weight is 292 g/mol. The number of fused-ring (bicyclic) bond motifs is 1. The van der Waals surface area contributed by atoms with E-state index in [0.717, 1.165) is 24.4 Å². The number of morpholine rings is 1. The van der Waals surface area contributed by atoms with E-state index in [1.807, 2.05) is 22.8 Å². The predicted octanol–water partition coefficient (Wildman–Crippen LogP) is 0.587. The first kappa shape index (κ1) is 14.5. The maximum Gasteiger partial charge on any atom is 0.246 e. The summed E-state index contributed by atoms with van der Waals surface area (Å²) in [4.78, 5) is 21.8. The number of ether oxygens (including phenoxy) is 1. The van der Waals surface area contributed by atoms with Crippen LogP contribution in [0.25, 0.3) is 0 Å². The molecule has 1 amide bonds. The SMILES string of the molecule is CC(C)N1CCc2ncn(C)c2[C@@H]1C(=O)N1CCOCC1. The van der Waals surface area contributed by atoms with Crippen LogP contribution in [0.4, 0.5) is 0 Å². The Bertz CT molecular complexity index is 520. The first-order valence-corrected chi connectivity index (χ1v) is 7.72. The van der Waals surface area contributed by atoms with Gasteiger partial charge in [-0.05, 0) is 13.8 Å². The summed E-state index contributed by atoms with van der Waals surface area (Å²) < 4.78 is 7.37. The Morgan fingerprint density at radius 3 is 2.71 bits per heavy atom. The molecular weight excluding hydrogens is 268 g/mol. The predicted molar refractivity (Wildman–Crippen MR) is 78.9 cm³/mol. The zero-order valence-electron chi connectivity index (χ0n) is 13.1. The topological polar surface area (TPSA) is 50.6 Å². The molecule has 0 aromatic carbocycles. The largest absolute Gasteiger partial charge is 0.378 e. The van der Waals surface area contributed by atoms with Gasteiger partial charge in [0.15, 0.2) is 0 Å². The fraction of sp³-hybridized carbons (Fsp3) is 0.733. The second kappa shape index (κ2) is 5.77. The van der Waals surface area contributed by atoms with Gasteiger partial charge in [0.2, 0.25) is 5.91 Å². The van der Waals surface area contributed by atoms with Crippen molar-refractivity contribution in [2.75, 3.05) is 32.8 Å². The summed E-state index contributed by atoms with van der Waals surface area (Å²) >= 11 is 0. The molecule has 3 rings (SSSR count). The number of aryl methyl sites for hydroxylation is 1. The van der Waals surface area contributed by atoms with Crippen LogP contribution >= 0.6 is 0 Å². The second-order valence-electron chi connectivity index (χ2n) is 6.11. The number of aromatic nitrogens is 2. The number of nitrogens with zero attached hydrogens (tertiary/aromatic N) is 4. The highest BCUT2D eigenvalue weighted by molar-refractivity contribution is 5.83. The number of hydrogen-bond donors (Lipinski definition) is 0. The Morgan fingerprint density at radius 1 is 1.33 bits per heavy atom. The molecule has 0 saturated carbocycles. The minimum Gasteiger partial charge on any atom is -0.378 e. The molecule has 1 aromatic rings. The molecule has 0 radical (unpaired) electrons. The molecule has 0 aliphatic carbocycles. The summed E-state index contributed by atoms with van der Waals surface area (Å²) in [6, 6.07) is 0.127. The van der Waals surface area contributed by atoms with Crippen LogP contribution in [0.1, 0.15) is 31.3 Å². The summed E-state index contributed by atoms with van der Waals surface area (Å²) in [6.45, 7) is 7.85. The minimum absolute atomic E-state index is 0.191. The van der Waals surface area contributed by atoms with Gasteiger partial charge < -0.3 is 14.2 Å². The van der Waals surface area contributed by atoms with Gasteiger partial charge >= 0.3 is 0 Å². The zero-order chi connectivity index (χ0) is 15.0. The van der Waals surface area contributed by atoms with Crippen LogP contribution in [0.2, 0.25) is 0 Å². The highest BCUT2D eigenvalue weighted by Crippen LogP contribution is 2.32. The molecule has 116 valence electrons. The smallest absolute Gasteiger partial charge is 0.246 e. The van der Waals surface area contributed by atoms with Crippen molar-refractivity contribution < 1.29 is 9.53 Å². The molecule has 0 spiro atoms. The Labute approximate surface area is 125 Å². The Kier molecular flexibility index (Phi) is 3.99. The lowest BCUT2D eigenvalue weighted by Gasteiger charge is -2.40. The molecule has 3 heterocycles. The first-order chi connectivity index (χ1) is 10.1. The van der Waals surface area contributed by atoms with Crippen molar-refractivity contribution in [2.45, 2.75) is 32.4 Å². The highest BCUT2D eigenvalue weighted by Gasteiger charge is 2.39. The van der Waals surface area contributed by atoms with E-state index in [2.05, 4.69) is 23.7 Å². The van der Waals surface area contributed by atoms with Crippen molar-refractivity contribution in [1.29, 1.82) is 0 Å². The molecule has 1 fully saturated rings. The van der Waals surface area contributed by atoms with E-state index in [1.54, 1.807) is 0 Å². The second-order valence-corrected chi connectivity index (χ2v) is 6.11. The van der Waals surface area contributed by atoms with Crippen molar-refractivity contribution in [1.82, 2.24) is 19.4 Å². The normalized spacial score (nSPS) is 23.4. The minimum atomic E-state index is -0.209. The molecule has 2 aliphatic rings. The number of rotatable bonds is 2. The van der Waals surface area contributed by atoms with Gasteiger partial charge in [-0.2, -0.15) is 0 Å². The van der Waals surface area contributed by atoms with Crippen molar-refractivity contribution in [3.63, 3.8) is 0 Å². The number of imidazole rings is 1. The maximum absolute atomic E-state index is 13.1. The third-order valence-corrected chi connectivity index (χ3v) is 4.48. The van der Waals surface area contributed by atoms with E-state index in [-0.39, 0.29) is 11.9 Å². The highest BCUT2D eigenvalue weighted by atomic mass is 16.5. The average Bonchev–Trinajstić information content (AvgIpc) is 2.88. The van der Waals surface area contributed by atoms with Gasteiger partial charge in [0, 0.05) is 39.1 Å². The summed E-state index contributed by atoms with van der Waals surface area (Å²) in [6.07, 6.45) is 2.75. The third kappa shape index (κ3) is 2.58. The van der Waals surface area contributed by atoms with Crippen LogP contribution in [-0.2, 0) is 23.0 Å². The Balaban J connectivity index is 1.94. The zero-order valence-corrected chi connectivity index (χ0v) is 13.1. The molecule has 1 atom stereocenters. The standard InChI is InChI=1S/C15H24N4O2/c1-11(2)19-5-4-12-13(17(3)10-16-12)14(19)15(20)18-6-8-21-9-7-18/h10-11,14H,4-9H2,1-3H3/t14-/m1/s1. The summed E-state index contributed by atoms with van der Waals surface area (Å²) in [5.74, 6) is 0.191. The van der Waals surface area contributed by atoms with E-state index >= 15 is 0 Å². The molecule has 0 unspecified atom stereocenters. The molecule has 0 N–H and O–H groups in total. The molecule has 1 aromatic heterocycles. The van der Waals surface area contributed by atoms with Gasteiger partial charge in [-0.25, -0.2) is 4.98 Å². The summed E-state index contributed by atoms with van der Waals surface area (Å²) in [5, 5.41) is 0. The molecule has 0 bridgehead atoms. The first-order valence-electron chi connectivity index (χ1n) is 7.72. The Morgan fingerprint density at radius 2 is 2.05 bits per heavy atom. The van der Waals surface area contributed by atoms with Gasteiger partial charge in [-0.1, -0.05) is 0 Å². The van der Waals surface area contributed by atoms with Crippen molar-refractivity contribution in [3.8, 4) is 0 Å². The van der Waals surface area contributed by atoms with Crippen molar-refractivity contribution in [3.05, 3.63) is 17.7 Å². The van der Waals surface area contributed by atoms with Gasteiger partial charge in [0.25, 0.3) is 0 Å². The van der Waals surface area contributed by atoms with Gasteiger partial charge in [0.1, 0.15) is 6.04 Å². The fourth-order valence-electron chi connectivity index (χ4n) is 3.32. The molecule has 21 heavy (non-hydrogen) atoms. The lowest BCUT2D eigenvalue weighted by atomic mass is 9.99. The quantitative estimate of drug-likeness (QED) is 0.800. The maximum atomic E-state index is 13.1. The van der Waals surface area contributed by atoms with E-state index in [0.29, 0.717) is 32.3 Å². The van der Waals surface area contributed by atoms with Crippen LogP contribution in [0.15, 0.2) is 6.33 Å². The van der Waals surface area contributed by atoms with Gasteiger partial charge in [-0.15, -0.1) is 0 Å². The van der Waals surface area contributed by atoms with Crippen LogP contribution in [0.3, 0.4) is 0 Å². The Hall–Kier alpha value is -1.40. The fourth-order valence-corrected chi connectivity index (χ4v) is 3.32. The lowest BCUT2D eigenvalue weighted by molar-refractivity contribution is -0.143. The number of hydrogen-bond acceptors (Lipinski definition) is 4. The van der Waals surface area contributed by atoms with E-state index < -0.39 is 0 Å². The van der Waals surface area contributed by atoms with E-state index in [1.165, 1.54) is 0 Å². The lowest BCUT2D eigenvalue weighted by Crippen LogP contribution is -2.51. The summed E-state index contributed by atoms with van der Waals surface area (Å²) in [7, 11) is 1.98. The monoisotopic (exact) mass is 292 g/mol. The number of amides is 1. The van der Waals surface area contributed by atoms with Crippen LogP contribution in [0, 0.1) is 0 Å². The van der Waals surface area contributed by atoms with Crippen LogP contribution in [-0.4, -0.2) is 64.1 Å². The number of carbonyl (C=O) groups is 1. The molecule has 2 aliphatic heterocycles. The van der Waals surface area contributed by atoms with Crippen molar-refractivity contribution >= 4 is 5.91 Å². The summed E-state index contributed by atoms with van der Waals surface area (Å²) in [5.41, 5.74) is 2.13. The van der Waals surface area contributed by atoms with Crippen LogP contribution < -0.4 is 0 Å². The van der Waals surface area contributed by atoms with Gasteiger partial charge in [-0.3, -0.25) is 9.69 Å². The van der Waals surface area contributed by atoms with E-state index in [4.69, 9.17) is 4.74 Å². The van der Waals surface area contributed by atoms with Crippen molar-refractivity contribution in [2.24, 2.45) is 7.05 Å². The third-order valence-electron chi connectivity index (χ3n) is 4.48. The van der Waals surface area contributed by atoms with E-state index in [9.17, 15) is 4.79 Å².